The minimum atomic E-state index is 0.108. The van der Waals surface area contributed by atoms with Crippen molar-refractivity contribution in [3.63, 3.8) is 0 Å². The van der Waals surface area contributed by atoms with Gasteiger partial charge in [-0.3, -0.25) is 9.89 Å². The molecule has 0 bridgehead atoms. The first-order chi connectivity index (χ1) is 9.15. The molecule has 2 heterocycles. The van der Waals surface area contributed by atoms with Gasteiger partial charge in [0, 0.05) is 36.6 Å². The summed E-state index contributed by atoms with van der Waals surface area (Å²) in [4.78, 5) is 16.7. The van der Waals surface area contributed by atoms with Gasteiger partial charge in [-0.1, -0.05) is 6.07 Å². The maximum Gasteiger partial charge on any atom is 0.254 e. The van der Waals surface area contributed by atoms with Gasteiger partial charge in [0.2, 0.25) is 0 Å². The smallest absolute Gasteiger partial charge is 0.254 e. The second-order valence-electron chi connectivity index (χ2n) is 5.25. The summed E-state index contributed by atoms with van der Waals surface area (Å²) in [5, 5.41) is 7.92. The molecular weight excluding hydrogens is 240 g/mol. The van der Waals surface area contributed by atoms with Crippen molar-refractivity contribution >= 4 is 16.8 Å². The number of nitrogens with one attached hydrogen (secondary N) is 1. The van der Waals surface area contributed by atoms with Gasteiger partial charge in [0.15, 0.2) is 0 Å². The summed E-state index contributed by atoms with van der Waals surface area (Å²) < 4.78 is 0. The summed E-state index contributed by atoms with van der Waals surface area (Å²) in [5.74, 6) is 0.108. The van der Waals surface area contributed by atoms with Crippen molar-refractivity contribution in [3.8, 4) is 0 Å². The Bertz CT molecular complexity index is 606. The number of nitrogens with zero attached hydrogens (tertiary/aromatic N) is 3. The van der Waals surface area contributed by atoms with Crippen molar-refractivity contribution in [2.24, 2.45) is 0 Å². The summed E-state index contributed by atoms with van der Waals surface area (Å²) in [6.07, 6.45) is 1.77. The van der Waals surface area contributed by atoms with Crippen LogP contribution in [0.15, 0.2) is 24.4 Å². The maximum atomic E-state index is 12.5. The molecule has 1 amide bonds. The highest BCUT2D eigenvalue weighted by molar-refractivity contribution is 5.97. The number of hydrogen-bond acceptors (Lipinski definition) is 3. The number of aromatic nitrogens is 2. The Labute approximate surface area is 112 Å². The summed E-state index contributed by atoms with van der Waals surface area (Å²) in [6, 6.07) is 6.11. The molecule has 5 heteroatoms. The van der Waals surface area contributed by atoms with Crippen LogP contribution in [0.3, 0.4) is 0 Å². The van der Waals surface area contributed by atoms with Gasteiger partial charge in [-0.15, -0.1) is 0 Å². The predicted octanol–water partition coefficient (Wildman–Crippen LogP) is 1.34. The second kappa shape index (κ2) is 4.66. The molecule has 3 rings (SSSR count). The Morgan fingerprint density at radius 3 is 3.05 bits per heavy atom. The Morgan fingerprint density at radius 1 is 1.42 bits per heavy atom. The number of carbonyl (C=O) groups is 1. The van der Waals surface area contributed by atoms with E-state index in [9.17, 15) is 4.79 Å². The van der Waals surface area contributed by atoms with Crippen LogP contribution in [0.25, 0.3) is 10.9 Å². The average Bonchev–Trinajstić information content (AvgIpc) is 2.88. The normalized spacial score (nSPS) is 20.9. The summed E-state index contributed by atoms with van der Waals surface area (Å²) >= 11 is 0. The molecule has 1 aromatic carbocycles. The molecule has 2 aromatic rings. The van der Waals surface area contributed by atoms with E-state index in [0.717, 1.165) is 36.1 Å². The Balaban J connectivity index is 1.83. The van der Waals surface area contributed by atoms with Gasteiger partial charge in [0.1, 0.15) is 0 Å². The highest BCUT2D eigenvalue weighted by Gasteiger charge is 2.25. The molecule has 1 aromatic heterocycles. The van der Waals surface area contributed by atoms with Crippen LogP contribution >= 0.6 is 0 Å². The van der Waals surface area contributed by atoms with Crippen LogP contribution in [0.2, 0.25) is 0 Å². The van der Waals surface area contributed by atoms with Gasteiger partial charge < -0.3 is 9.80 Å². The van der Waals surface area contributed by atoms with E-state index in [2.05, 4.69) is 29.1 Å². The lowest BCUT2D eigenvalue weighted by molar-refractivity contribution is 0.0572. The van der Waals surface area contributed by atoms with Crippen LogP contribution in [0.1, 0.15) is 17.3 Å². The molecule has 0 spiro atoms. The van der Waals surface area contributed by atoms with Crippen molar-refractivity contribution < 1.29 is 4.79 Å². The third kappa shape index (κ3) is 2.21. The molecule has 1 aliphatic rings. The lowest BCUT2D eigenvalue weighted by atomic mass is 10.1. The number of fused-ring (bicyclic) bond motifs is 1. The van der Waals surface area contributed by atoms with E-state index < -0.39 is 0 Å². The van der Waals surface area contributed by atoms with E-state index in [1.807, 2.05) is 23.1 Å². The van der Waals surface area contributed by atoms with Gasteiger partial charge in [0.25, 0.3) is 5.91 Å². The number of carbonyl (C=O) groups excluding carboxylic acids is 1. The van der Waals surface area contributed by atoms with Crippen molar-refractivity contribution in [1.82, 2.24) is 20.0 Å². The first-order valence-electron chi connectivity index (χ1n) is 6.58. The topological polar surface area (TPSA) is 52.2 Å². The van der Waals surface area contributed by atoms with Crippen LogP contribution in [0.5, 0.6) is 0 Å². The zero-order chi connectivity index (χ0) is 13.4. The fraction of sp³-hybridized carbons (Fsp3) is 0.429. The van der Waals surface area contributed by atoms with E-state index in [1.165, 1.54) is 0 Å². The number of rotatable bonds is 1. The molecule has 5 nitrogen and oxygen atoms in total. The van der Waals surface area contributed by atoms with Crippen molar-refractivity contribution in [3.05, 3.63) is 30.0 Å². The maximum absolute atomic E-state index is 12.5. The van der Waals surface area contributed by atoms with Crippen molar-refractivity contribution in [1.29, 1.82) is 0 Å². The minimum absolute atomic E-state index is 0.108. The molecule has 1 unspecified atom stereocenters. The highest BCUT2D eigenvalue weighted by Crippen LogP contribution is 2.16. The molecule has 1 fully saturated rings. The lowest BCUT2D eigenvalue weighted by Crippen LogP contribution is -2.52. The molecule has 1 N–H and O–H groups in total. The summed E-state index contributed by atoms with van der Waals surface area (Å²) in [7, 11) is 2.10. The van der Waals surface area contributed by atoms with Gasteiger partial charge >= 0.3 is 0 Å². The van der Waals surface area contributed by atoms with E-state index in [4.69, 9.17) is 0 Å². The highest BCUT2D eigenvalue weighted by atomic mass is 16.2. The first-order valence-corrected chi connectivity index (χ1v) is 6.58. The number of amides is 1. The molecule has 100 valence electrons. The molecule has 0 aliphatic carbocycles. The summed E-state index contributed by atoms with van der Waals surface area (Å²) in [5.41, 5.74) is 1.64. The minimum Gasteiger partial charge on any atom is -0.336 e. The van der Waals surface area contributed by atoms with Crippen LogP contribution in [-0.4, -0.2) is 58.6 Å². The van der Waals surface area contributed by atoms with E-state index >= 15 is 0 Å². The molecule has 1 aliphatic heterocycles. The molecule has 19 heavy (non-hydrogen) atoms. The number of benzene rings is 1. The molecule has 0 saturated carbocycles. The van der Waals surface area contributed by atoms with Crippen LogP contribution in [0.4, 0.5) is 0 Å². The quantitative estimate of drug-likeness (QED) is 0.839. The number of hydrogen-bond donors (Lipinski definition) is 1. The summed E-state index contributed by atoms with van der Waals surface area (Å²) in [6.45, 7) is 4.66. The van der Waals surface area contributed by atoms with Crippen molar-refractivity contribution in [2.75, 3.05) is 26.7 Å². The predicted molar refractivity (Wildman–Crippen MR) is 74.1 cm³/mol. The number of aromatic amines is 1. The molecule has 1 saturated heterocycles. The largest absolute Gasteiger partial charge is 0.336 e. The fourth-order valence-corrected chi connectivity index (χ4v) is 2.49. The second-order valence-corrected chi connectivity index (χ2v) is 5.25. The van der Waals surface area contributed by atoms with Crippen molar-refractivity contribution in [2.45, 2.75) is 13.0 Å². The standard InChI is InChI=1S/C14H18N4O/c1-10-9-18(6-5-17(10)2)14(19)11-3-4-12-8-15-16-13(12)7-11/h3-4,7-8,10H,5-6,9H2,1-2H3,(H,15,16). The van der Waals surface area contributed by atoms with Gasteiger partial charge in [0.05, 0.1) is 11.7 Å². The number of likely N-dealkylation sites (N-methyl/N-ethyl adjacent to an activating group) is 1. The fourth-order valence-electron chi connectivity index (χ4n) is 2.49. The third-order valence-electron chi connectivity index (χ3n) is 3.94. The molecular formula is C14H18N4O. The van der Waals surface area contributed by atoms with Gasteiger partial charge in [-0.05, 0) is 26.1 Å². The SMILES string of the molecule is CC1CN(C(=O)c2ccc3cn[nH]c3c2)CCN1C. The van der Waals surface area contributed by atoms with E-state index in [-0.39, 0.29) is 5.91 Å². The van der Waals surface area contributed by atoms with E-state index in [0.29, 0.717) is 6.04 Å². The molecule has 0 radical (unpaired) electrons. The Kier molecular flexibility index (Phi) is 2.98. The number of piperazine rings is 1. The van der Waals surface area contributed by atoms with Crippen LogP contribution < -0.4 is 0 Å². The van der Waals surface area contributed by atoms with Crippen LogP contribution in [-0.2, 0) is 0 Å². The average molecular weight is 258 g/mol. The zero-order valence-corrected chi connectivity index (χ0v) is 11.3. The van der Waals surface area contributed by atoms with Gasteiger partial charge in [-0.25, -0.2) is 0 Å². The third-order valence-corrected chi connectivity index (χ3v) is 3.94. The Hall–Kier alpha value is -1.88. The first kappa shape index (κ1) is 12.2. The van der Waals surface area contributed by atoms with E-state index in [1.54, 1.807) is 6.20 Å². The molecule has 1 atom stereocenters. The monoisotopic (exact) mass is 258 g/mol. The number of H-pyrrole nitrogens is 1. The zero-order valence-electron chi connectivity index (χ0n) is 11.3. The Morgan fingerprint density at radius 2 is 2.26 bits per heavy atom. The van der Waals surface area contributed by atoms with Gasteiger partial charge in [-0.2, -0.15) is 5.10 Å². The van der Waals surface area contributed by atoms with Crippen LogP contribution in [0, 0.1) is 0 Å². The lowest BCUT2D eigenvalue weighted by Gasteiger charge is -2.37.